The summed E-state index contributed by atoms with van der Waals surface area (Å²) in [5, 5.41) is 4.49. The smallest absolute Gasteiger partial charge is 0.257 e. The first-order chi connectivity index (χ1) is 12.3. The van der Waals surface area contributed by atoms with Crippen molar-refractivity contribution >= 4 is 11.8 Å². The molecule has 0 spiro atoms. The largest absolute Gasteiger partial charge is 0.337 e. The van der Waals surface area contributed by atoms with Crippen molar-refractivity contribution in [3.63, 3.8) is 0 Å². The van der Waals surface area contributed by atoms with Crippen LogP contribution in [0.5, 0.6) is 0 Å². The highest BCUT2D eigenvalue weighted by atomic mass is 16.2. The lowest BCUT2D eigenvalue weighted by molar-refractivity contribution is -0.133. The average molecular weight is 361 g/mol. The fourth-order valence-electron chi connectivity index (χ4n) is 4.02. The zero-order valence-electron chi connectivity index (χ0n) is 16.8. The van der Waals surface area contributed by atoms with Crippen molar-refractivity contribution in [3.05, 3.63) is 17.0 Å². The molecule has 1 aromatic heterocycles. The molecule has 2 aliphatic rings. The van der Waals surface area contributed by atoms with Crippen molar-refractivity contribution in [1.82, 2.24) is 19.6 Å². The number of carbonyl (C=O) groups is 2. The Kier molecular flexibility index (Phi) is 5.39. The summed E-state index contributed by atoms with van der Waals surface area (Å²) in [6.07, 6.45) is 2.87. The van der Waals surface area contributed by atoms with E-state index in [4.69, 9.17) is 0 Å². The maximum absolute atomic E-state index is 13.3. The first-order valence-electron chi connectivity index (χ1n) is 9.96. The van der Waals surface area contributed by atoms with E-state index in [0.29, 0.717) is 36.9 Å². The van der Waals surface area contributed by atoms with Crippen LogP contribution in [0.2, 0.25) is 0 Å². The standard InChI is InChI=1S/C20H32N4O2/c1-6-24-15(5)19(14(4)21-24)20(26)22-10-9-18(25)23(11-16-7-8-16)17(12-22)13(2)3/h13,16-17H,6-12H2,1-5H3. The summed E-state index contributed by atoms with van der Waals surface area (Å²) in [5.41, 5.74) is 2.40. The Bertz CT molecular complexity index is 690. The average Bonchev–Trinajstić information content (AvgIpc) is 3.38. The fraction of sp³-hybridized carbons (Fsp3) is 0.750. The molecule has 1 unspecified atom stereocenters. The van der Waals surface area contributed by atoms with Crippen LogP contribution in [-0.4, -0.2) is 57.1 Å². The summed E-state index contributed by atoms with van der Waals surface area (Å²) in [4.78, 5) is 30.0. The van der Waals surface area contributed by atoms with Gasteiger partial charge in [-0.1, -0.05) is 13.8 Å². The van der Waals surface area contributed by atoms with Gasteiger partial charge in [-0.15, -0.1) is 0 Å². The molecular formula is C20H32N4O2. The van der Waals surface area contributed by atoms with Gasteiger partial charge in [-0.2, -0.15) is 5.10 Å². The molecule has 6 nitrogen and oxygen atoms in total. The van der Waals surface area contributed by atoms with Crippen molar-refractivity contribution in [2.24, 2.45) is 11.8 Å². The van der Waals surface area contributed by atoms with Crippen LogP contribution >= 0.6 is 0 Å². The molecule has 0 bridgehead atoms. The molecule has 3 rings (SSSR count). The van der Waals surface area contributed by atoms with Crippen LogP contribution in [0, 0.1) is 25.7 Å². The van der Waals surface area contributed by atoms with Gasteiger partial charge in [0, 0.05) is 38.3 Å². The van der Waals surface area contributed by atoms with E-state index in [-0.39, 0.29) is 17.9 Å². The summed E-state index contributed by atoms with van der Waals surface area (Å²) in [5.74, 6) is 1.21. The predicted octanol–water partition coefficient (Wildman–Crippen LogP) is 2.63. The van der Waals surface area contributed by atoms with E-state index in [9.17, 15) is 9.59 Å². The van der Waals surface area contributed by atoms with Crippen LogP contribution in [-0.2, 0) is 11.3 Å². The Hall–Kier alpha value is -1.85. The molecule has 1 saturated heterocycles. The van der Waals surface area contributed by atoms with Gasteiger partial charge in [0.25, 0.3) is 5.91 Å². The van der Waals surface area contributed by atoms with Crippen LogP contribution in [0.25, 0.3) is 0 Å². The molecule has 1 aliphatic heterocycles. The Morgan fingerprint density at radius 3 is 2.50 bits per heavy atom. The fourth-order valence-corrected chi connectivity index (χ4v) is 4.02. The number of aromatic nitrogens is 2. The lowest BCUT2D eigenvalue weighted by Gasteiger charge is -2.34. The quantitative estimate of drug-likeness (QED) is 0.811. The number of hydrogen-bond acceptors (Lipinski definition) is 3. The second-order valence-corrected chi connectivity index (χ2v) is 8.16. The van der Waals surface area contributed by atoms with Crippen molar-refractivity contribution in [3.8, 4) is 0 Å². The second kappa shape index (κ2) is 7.41. The van der Waals surface area contributed by atoms with Crippen LogP contribution < -0.4 is 0 Å². The van der Waals surface area contributed by atoms with Gasteiger partial charge in [0.15, 0.2) is 0 Å². The van der Waals surface area contributed by atoms with Crippen molar-refractivity contribution in [1.29, 1.82) is 0 Å². The topological polar surface area (TPSA) is 58.4 Å². The van der Waals surface area contributed by atoms with Gasteiger partial charge in [0.2, 0.25) is 5.91 Å². The molecule has 2 heterocycles. The minimum absolute atomic E-state index is 0.0198. The third-order valence-corrected chi connectivity index (χ3v) is 5.83. The first-order valence-corrected chi connectivity index (χ1v) is 9.96. The van der Waals surface area contributed by atoms with E-state index < -0.39 is 0 Å². The molecule has 0 aromatic carbocycles. The molecule has 144 valence electrons. The molecule has 26 heavy (non-hydrogen) atoms. The summed E-state index contributed by atoms with van der Waals surface area (Å²) >= 11 is 0. The third-order valence-electron chi connectivity index (χ3n) is 5.83. The SMILES string of the molecule is CCn1nc(C)c(C(=O)N2CCC(=O)N(CC3CC3)C(C(C)C)C2)c1C. The summed E-state index contributed by atoms with van der Waals surface area (Å²) in [7, 11) is 0. The molecule has 6 heteroatoms. The Balaban J connectivity index is 1.85. The number of amides is 2. The van der Waals surface area contributed by atoms with Gasteiger partial charge in [0.1, 0.15) is 0 Å². The maximum Gasteiger partial charge on any atom is 0.257 e. The normalized spacial score (nSPS) is 21.5. The zero-order chi connectivity index (χ0) is 19.0. The van der Waals surface area contributed by atoms with Crippen LogP contribution in [0.4, 0.5) is 0 Å². The predicted molar refractivity (Wildman–Crippen MR) is 101 cm³/mol. The lowest BCUT2D eigenvalue weighted by atomic mass is 10.0. The minimum Gasteiger partial charge on any atom is -0.337 e. The molecule has 1 aliphatic carbocycles. The van der Waals surface area contributed by atoms with Crippen LogP contribution in [0.3, 0.4) is 0 Å². The van der Waals surface area contributed by atoms with Crippen LogP contribution in [0.1, 0.15) is 61.8 Å². The molecule has 0 N–H and O–H groups in total. The number of hydrogen-bond donors (Lipinski definition) is 0. The number of carbonyl (C=O) groups excluding carboxylic acids is 2. The van der Waals surface area contributed by atoms with E-state index >= 15 is 0 Å². The van der Waals surface area contributed by atoms with E-state index in [2.05, 4.69) is 23.8 Å². The molecule has 1 atom stereocenters. The lowest BCUT2D eigenvalue weighted by Crippen LogP contribution is -2.48. The van der Waals surface area contributed by atoms with E-state index in [1.54, 1.807) is 0 Å². The highest BCUT2D eigenvalue weighted by molar-refractivity contribution is 5.97. The van der Waals surface area contributed by atoms with Gasteiger partial charge in [0.05, 0.1) is 17.3 Å². The number of aryl methyl sites for hydroxylation is 2. The summed E-state index contributed by atoms with van der Waals surface area (Å²) in [6.45, 7) is 12.9. The molecule has 1 saturated carbocycles. The van der Waals surface area contributed by atoms with Crippen molar-refractivity contribution < 1.29 is 9.59 Å². The third kappa shape index (κ3) is 3.64. The van der Waals surface area contributed by atoms with Gasteiger partial charge in [-0.05, 0) is 45.4 Å². The summed E-state index contributed by atoms with van der Waals surface area (Å²) < 4.78 is 1.88. The molecule has 2 fully saturated rings. The van der Waals surface area contributed by atoms with Crippen molar-refractivity contribution in [2.75, 3.05) is 19.6 Å². The highest BCUT2D eigenvalue weighted by Crippen LogP contribution is 2.32. The van der Waals surface area contributed by atoms with Crippen LogP contribution in [0.15, 0.2) is 0 Å². The molecule has 1 aromatic rings. The minimum atomic E-state index is 0.0198. The molecule has 2 amide bonds. The van der Waals surface area contributed by atoms with E-state index in [1.165, 1.54) is 12.8 Å². The monoisotopic (exact) mass is 360 g/mol. The van der Waals surface area contributed by atoms with Crippen molar-refractivity contribution in [2.45, 2.75) is 66.5 Å². The second-order valence-electron chi connectivity index (χ2n) is 8.16. The molecular weight excluding hydrogens is 328 g/mol. The molecule has 0 radical (unpaired) electrons. The Morgan fingerprint density at radius 2 is 1.96 bits per heavy atom. The zero-order valence-corrected chi connectivity index (χ0v) is 16.8. The Morgan fingerprint density at radius 1 is 1.27 bits per heavy atom. The number of nitrogens with zero attached hydrogens (tertiary/aromatic N) is 4. The van der Waals surface area contributed by atoms with Gasteiger partial charge < -0.3 is 9.80 Å². The van der Waals surface area contributed by atoms with Gasteiger partial charge >= 0.3 is 0 Å². The summed E-state index contributed by atoms with van der Waals surface area (Å²) in [6, 6.07) is 0.0939. The van der Waals surface area contributed by atoms with E-state index in [0.717, 1.165) is 24.5 Å². The Labute approximate surface area is 156 Å². The van der Waals surface area contributed by atoms with E-state index in [1.807, 2.05) is 30.4 Å². The number of rotatable bonds is 5. The maximum atomic E-state index is 13.3. The van der Waals surface area contributed by atoms with Gasteiger partial charge in [-0.25, -0.2) is 0 Å². The van der Waals surface area contributed by atoms with Gasteiger partial charge in [-0.3, -0.25) is 14.3 Å². The highest BCUT2D eigenvalue weighted by Gasteiger charge is 2.37. The first kappa shape index (κ1) is 18.9.